The maximum atomic E-state index is 11.7. The van der Waals surface area contributed by atoms with Crippen molar-refractivity contribution in [1.29, 1.82) is 0 Å². The second-order valence-electron chi connectivity index (χ2n) is 5.58. The number of hydrogen-bond acceptors (Lipinski definition) is 8. The van der Waals surface area contributed by atoms with Crippen molar-refractivity contribution in [1.82, 2.24) is 23.9 Å². The summed E-state index contributed by atoms with van der Waals surface area (Å²) in [6.07, 6.45) is 3.19. The number of rotatable bonds is 2. The summed E-state index contributed by atoms with van der Waals surface area (Å²) in [4.78, 5) is 22.5. The Kier molecular flexibility index (Phi) is 2.90. The normalized spacial score (nSPS) is 35.9. The molecule has 0 saturated carbocycles. The SMILES string of the molecule is O=P1(O)O[C@@H]2[C@@H](O1)[C@H](n1cnc3c1ncn1ccnc31)O[C@H]2CO. The predicted octanol–water partition coefficient (Wildman–Crippen LogP) is -0.147. The van der Waals surface area contributed by atoms with E-state index in [0.29, 0.717) is 16.8 Å². The van der Waals surface area contributed by atoms with Gasteiger partial charge in [-0.1, -0.05) is 0 Å². The second-order valence-corrected chi connectivity index (χ2v) is 6.94. The first-order valence-corrected chi connectivity index (χ1v) is 8.67. The van der Waals surface area contributed by atoms with Crippen LogP contribution in [0.2, 0.25) is 0 Å². The van der Waals surface area contributed by atoms with Gasteiger partial charge in [0.05, 0.1) is 12.9 Å². The van der Waals surface area contributed by atoms with Gasteiger partial charge in [0.2, 0.25) is 0 Å². The highest BCUT2D eigenvalue weighted by molar-refractivity contribution is 7.47. The summed E-state index contributed by atoms with van der Waals surface area (Å²) < 4.78 is 30.9. The quantitative estimate of drug-likeness (QED) is 0.603. The minimum absolute atomic E-state index is 0.369. The number of aromatic nitrogens is 5. The highest BCUT2D eigenvalue weighted by atomic mass is 31.2. The van der Waals surface area contributed by atoms with Crippen LogP contribution >= 0.6 is 7.82 Å². The molecule has 5 rings (SSSR count). The number of nitrogens with zero attached hydrogens (tertiary/aromatic N) is 5. The summed E-state index contributed by atoms with van der Waals surface area (Å²) >= 11 is 0. The molecule has 2 aliphatic heterocycles. The number of phosphoric acid groups is 1. The van der Waals surface area contributed by atoms with Gasteiger partial charge in [-0.2, -0.15) is 0 Å². The lowest BCUT2D eigenvalue weighted by atomic mass is 10.1. The van der Waals surface area contributed by atoms with Crippen molar-refractivity contribution in [2.45, 2.75) is 24.5 Å². The van der Waals surface area contributed by atoms with Crippen molar-refractivity contribution in [3.05, 3.63) is 25.0 Å². The topological polar surface area (TPSA) is 133 Å². The monoisotopic (exact) mass is 353 g/mol. The highest BCUT2D eigenvalue weighted by Gasteiger charge is 2.57. The Morgan fingerprint density at radius 1 is 1.17 bits per heavy atom. The number of phosphoric ester groups is 1. The molecule has 5 heterocycles. The molecule has 3 aromatic heterocycles. The van der Waals surface area contributed by atoms with Gasteiger partial charge in [0.25, 0.3) is 0 Å². The number of aliphatic hydroxyl groups is 1. The molecular weight excluding hydrogens is 341 g/mol. The molecule has 24 heavy (non-hydrogen) atoms. The molecule has 126 valence electrons. The van der Waals surface area contributed by atoms with E-state index in [1.54, 1.807) is 27.7 Å². The summed E-state index contributed by atoms with van der Waals surface area (Å²) in [5, 5.41) is 9.44. The predicted molar refractivity (Wildman–Crippen MR) is 76.8 cm³/mol. The first-order chi connectivity index (χ1) is 11.6. The summed E-state index contributed by atoms with van der Waals surface area (Å²) in [7, 11) is -4.16. The van der Waals surface area contributed by atoms with Gasteiger partial charge in [0.15, 0.2) is 23.0 Å². The Morgan fingerprint density at radius 2 is 2.00 bits per heavy atom. The molecule has 11 nitrogen and oxygen atoms in total. The number of ether oxygens (including phenoxy) is 1. The molecule has 0 spiro atoms. The molecule has 0 aromatic carbocycles. The van der Waals surface area contributed by atoms with Gasteiger partial charge in [-0.05, 0) is 0 Å². The van der Waals surface area contributed by atoms with E-state index in [1.807, 2.05) is 0 Å². The third-order valence-electron chi connectivity index (χ3n) is 4.20. The van der Waals surface area contributed by atoms with E-state index >= 15 is 0 Å². The Hall–Kier alpha value is -1.88. The van der Waals surface area contributed by atoms with Crippen molar-refractivity contribution in [2.75, 3.05) is 6.61 Å². The molecule has 3 aromatic rings. The van der Waals surface area contributed by atoms with Gasteiger partial charge in [-0.25, -0.2) is 19.5 Å². The maximum absolute atomic E-state index is 11.7. The van der Waals surface area contributed by atoms with Crippen molar-refractivity contribution in [3.63, 3.8) is 0 Å². The van der Waals surface area contributed by atoms with Crippen LogP contribution in [0.5, 0.6) is 0 Å². The highest BCUT2D eigenvalue weighted by Crippen LogP contribution is 2.58. The molecule has 1 unspecified atom stereocenters. The number of fused-ring (bicyclic) bond motifs is 4. The van der Waals surface area contributed by atoms with Gasteiger partial charge < -0.3 is 14.7 Å². The summed E-state index contributed by atoms with van der Waals surface area (Å²) in [5.41, 5.74) is 1.67. The van der Waals surface area contributed by atoms with Gasteiger partial charge in [0, 0.05) is 12.4 Å². The molecule has 5 atom stereocenters. The molecule has 2 saturated heterocycles. The van der Waals surface area contributed by atoms with Gasteiger partial charge >= 0.3 is 7.82 Å². The van der Waals surface area contributed by atoms with Crippen LogP contribution in [0.25, 0.3) is 16.8 Å². The van der Waals surface area contributed by atoms with Crippen LogP contribution in [0.3, 0.4) is 0 Å². The lowest BCUT2D eigenvalue weighted by Gasteiger charge is -2.18. The molecule has 0 amide bonds. The smallest absolute Gasteiger partial charge is 0.394 e. The Labute approximate surface area is 134 Å². The molecule has 2 aliphatic rings. The average Bonchev–Trinajstić information content (AvgIpc) is 3.26. The van der Waals surface area contributed by atoms with E-state index in [4.69, 9.17) is 13.8 Å². The van der Waals surface area contributed by atoms with Crippen LogP contribution in [0.1, 0.15) is 6.23 Å². The standard InChI is InChI=1S/C12H12N5O6P/c18-3-6-8-9(23-24(19,20)22-8)12(21-6)17-5-14-7-10-13-1-2-16(10)4-15-11(7)17/h1-2,4-6,8-9,12,18H,3H2,(H,19,20)/t6-,8-,9+,12+/m0/s1. The number of imidazole rings is 2. The van der Waals surface area contributed by atoms with Crippen LogP contribution in [-0.2, 0) is 18.3 Å². The second kappa shape index (κ2) is 4.82. The van der Waals surface area contributed by atoms with Crippen molar-refractivity contribution in [2.24, 2.45) is 0 Å². The minimum Gasteiger partial charge on any atom is -0.394 e. The van der Waals surface area contributed by atoms with Crippen LogP contribution in [-0.4, -0.2) is 58.8 Å². The molecule has 0 radical (unpaired) electrons. The zero-order chi connectivity index (χ0) is 16.5. The first-order valence-electron chi connectivity index (χ1n) is 7.17. The summed E-state index contributed by atoms with van der Waals surface area (Å²) in [5.74, 6) is 0. The van der Waals surface area contributed by atoms with E-state index in [9.17, 15) is 14.6 Å². The average molecular weight is 353 g/mol. The van der Waals surface area contributed by atoms with Crippen LogP contribution in [0, 0.1) is 0 Å². The molecule has 12 heteroatoms. The largest absolute Gasteiger partial charge is 0.473 e. The van der Waals surface area contributed by atoms with Gasteiger partial charge in [-0.3, -0.25) is 18.0 Å². The third-order valence-corrected chi connectivity index (χ3v) is 5.22. The molecule has 0 bridgehead atoms. The zero-order valence-electron chi connectivity index (χ0n) is 12.0. The maximum Gasteiger partial charge on any atom is 0.473 e. The van der Waals surface area contributed by atoms with E-state index in [0.717, 1.165) is 0 Å². The molecule has 2 N–H and O–H groups in total. The Balaban J connectivity index is 1.63. The van der Waals surface area contributed by atoms with Crippen molar-refractivity contribution >= 4 is 24.6 Å². The molecular formula is C12H12N5O6P. The van der Waals surface area contributed by atoms with Crippen LogP contribution < -0.4 is 0 Å². The fraction of sp³-hybridized carbons (Fsp3) is 0.417. The minimum atomic E-state index is -4.16. The van der Waals surface area contributed by atoms with Crippen LogP contribution in [0.4, 0.5) is 0 Å². The Morgan fingerprint density at radius 3 is 2.83 bits per heavy atom. The fourth-order valence-electron chi connectivity index (χ4n) is 3.18. The van der Waals surface area contributed by atoms with Crippen LogP contribution in [0.15, 0.2) is 25.0 Å². The number of aliphatic hydroxyl groups excluding tert-OH is 1. The zero-order valence-corrected chi connectivity index (χ0v) is 12.9. The lowest BCUT2D eigenvalue weighted by molar-refractivity contribution is -0.0589. The summed E-state index contributed by atoms with van der Waals surface area (Å²) in [6, 6.07) is 0. The Bertz CT molecular complexity index is 987. The van der Waals surface area contributed by atoms with Gasteiger partial charge in [-0.15, -0.1) is 0 Å². The third kappa shape index (κ3) is 1.91. The first kappa shape index (κ1) is 14.5. The fourth-order valence-corrected chi connectivity index (χ4v) is 4.33. The van der Waals surface area contributed by atoms with Crippen molar-refractivity contribution in [3.8, 4) is 0 Å². The van der Waals surface area contributed by atoms with E-state index < -0.39 is 32.4 Å². The van der Waals surface area contributed by atoms with E-state index in [-0.39, 0.29) is 6.61 Å². The molecule has 0 aliphatic carbocycles. The van der Waals surface area contributed by atoms with Gasteiger partial charge in [0.1, 0.15) is 24.6 Å². The van der Waals surface area contributed by atoms with E-state index in [1.165, 1.54) is 6.33 Å². The lowest BCUT2D eigenvalue weighted by Crippen LogP contribution is -2.30. The summed E-state index contributed by atoms with van der Waals surface area (Å²) in [6.45, 7) is -0.369. The molecule has 2 fully saturated rings. The number of hydrogen-bond donors (Lipinski definition) is 2. The van der Waals surface area contributed by atoms with Crippen molar-refractivity contribution < 1.29 is 28.3 Å². The van der Waals surface area contributed by atoms with E-state index in [2.05, 4.69) is 15.0 Å².